The molecule has 0 spiro atoms. The van der Waals surface area contributed by atoms with E-state index < -0.39 is 77.3 Å². The number of Topliss-reactive ketones (excluding diaryl/α,β-unsaturated/α-hetero) is 3. The molecule has 2 heterocycles. The Balaban J connectivity index is 1.33. The van der Waals surface area contributed by atoms with E-state index in [9.17, 15) is 43.2 Å². The molecule has 1 saturated heterocycles. The average molecular weight is 1240 g/mol. The highest BCUT2D eigenvalue weighted by molar-refractivity contribution is 6.32. The number of hydrogen-bond donors (Lipinski definition) is 3. The van der Waals surface area contributed by atoms with Gasteiger partial charge in [-0.05, 0) is 80.3 Å². The molecule has 484 valence electrons. The highest BCUT2D eigenvalue weighted by Gasteiger charge is 2.48. The third kappa shape index (κ3) is 25.9. The minimum atomic E-state index is -1.28. The minimum absolute atomic E-state index is 0.00494. The van der Waals surface area contributed by atoms with Crippen LogP contribution in [0.25, 0.3) is 0 Å². The third-order valence-corrected chi connectivity index (χ3v) is 15.7. The zero-order chi connectivity index (χ0) is 64.2. The molecule has 0 aromatic heterocycles. The molecule has 0 unspecified atom stereocenters. The summed E-state index contributed by atoms with van der Waals surface area (Å²) in [5, 5.41) is 8.71. The molecule has 3 N–H and O–H groups in total. The highest BCUT2D eigenvalue weighted by atomic mass is 35.5. The van der Waals surface area contributed by atoms with Crippen molar-refractivity contribution in [1.82, 2.24) is 20.9 Å². The number of esters is 2. The van der Waals surface area contributed by atoms with Gasteiger partial charge in [-0.25, -0.2) is 4.79 Å². The van der Waals surface area contributed by atoms with Gasteiger partial charge in [0.1, 0.15) is 35.6 Å². The normalized spacial score (nSPS) is 20.5. The molecule has 4 rings (SSSR count). The van der Waals surface area contributed by atoms with Gasteiger partial charge in [-0.1, -0.05) is 89.6 Å². The van der Waals surface area contributed by atoms with E-state index in [4.69, 9.17) is 49.5 Å². The van der Waals surface area contributed by atoms with Crippen molar-refractivity contribution in [3.63, 3.8) is 0 Å². The van der Waals surface area contributed by atoms with Crippen LogP contribution in [0.5, 0.6) is 5.75 Å². The molecule has 0 saturated carbocycles. The van der Waals surface area contributed by atoms with Gasteiger partial charge < -0.3 is 58.7 Å². The number of epoxide rings is 1. The number of benzene rings is 2. The summed E-state index contributed by atoms with van der Waals surface area (Å²) in [5.41, 5.74) is 1.10. The first-order valence-corrected chi connectivity index (χ1v) is 30.8. The van der Waals surface area contributed by atoms with Crippen molar-refractivity contribution in [2.75, 3.05) is 80.1 Å². The largest absolute Gasteiger partial charge is 0.495 e. The van der Waals surface area contributed by atoms with Crippen LogP contribution in [-0.2, 0) is 89.2 Å². The zero-order valence-electron chi connectivity index (χ0n) is 52.9. The molecule has 0 aliphatic carbocycles. The summed E-state index contributed by atoms with van der Waals surface area (Å²) in [5.74, 6) is -4.62. The summed E-state index contributed by atoms with van der Waals surface area (Å²) in [6, 6.07) is 10.8. The smallest absolute Gasteiger partial charge is 0.347 e. The van der Waals surface area contributed by atoms with Gasteiger partial charge >= 0.3 is 11.9 Å². The van der Waals surface area contributed by atoms with Crippen LogP contribution < -0.4 is 20.7 Å². The van der Waals surface area contributed by atoms with E-state index in [0.29, 0.717) is 62.2 Å². The fraction of sp³-hybridized carbons (Fsp3) is 0.646. The second-order valence-electron chi connectivity index (χ2n) is 23.7. The number of ketones is 3. The lowest BCUT2D eigenvalue weighted by Crippen LogP contribution is -2.51. The molecule has 2 aromatic carbocycles. The zero-order valence-corrected chi connectivity index (χ0v) is 53.6. The predicted octanol–water partition coefficient (Wildman–Crippen LogP) is 7.04. The Morgan fingerprint density at radius 3 is 2.03 bits per heavy atom. The molecule has 2 aromatic rings. The molecule has 21 nitrogen and oxygen atoms in total. The number of cyclic esters (lactones) is 2. The summed E-state index contributed by atoms with van der Waals surface area (Å²) in [7, 11) is 3.09. The van der Waals surface area contributed by atoms with Gasteiger partial charge in [0.05, 0.1) is 82.4 Å². The standard InChI is InChI=1S/C65H95ClN4O17/c1-12-48(71)24-27-70(58(75)26-29-82-32-33-84-35-34-83-31-30-80-10)28-25-49(72)39-50(42(4)5)61(76)68-44(7)53(73)22-18-45-16-20-47(21-17-45)60-59(87-60)43(6)54-14-13-15-57(74)69-52(38-46-19-23-55(81-11)51(66)37-46)62(77)67-40-65(8,9)64(79)86-56(36-41(2)3)63(78)85-54/h13,15-17,19-21,23,37,41-44,50,52,54,56,59-60H,12,14,18,22,24-36,38-40H2,1-11H3,(H,67,77)(H,68,76)(H,69,74)/b15-13+/t43-,44-,50-,52-,54-,56-,59+,60+/m0/s1. The van der Waals surface area contributed by atoms with Crippen LogP contribution in [-0.4, -0.2) is 168 Å². The van der Waals surface area contributed by atoms with Gasteiger partial charge in [-0.15, -0.1) is 0 Å². The van der Waals surface area contributed by atoms with Crippen molar-refractivity contribution in [3.05, 3.63) is 76.3 Å². The Labute approximate surface area is 518 Å². The van der Waals surface area contributed by atoms with Gasteiger partial charge in [0.15, 0.2) is 11.9 Å². The number of methoxy groups -OCH3 is 2. The molecule has 8 atom stereocenters. The number of rotatable bonds is 36. The lowest BCUT2D eigenvalue weighted by Gasteiger charge is -2.29. The van der Waals surface area contributed by atoms with E-state index >= 15 is 0 Å². The maximum atomic E-state index is 14.0. The van der Waals surface area contributed by atoms with E-state index in [0.717, 1.165) is 11.1 Å². The predicted molar refractivity (Wildman–Crippen MR) is 326 cm³/mol. The van der Waals surface area contributed by atoms with Crippen LogP contribution in [0.2, 0.25) is 5.02 Å². The van der Waals surface area contributed by atoms with Crippen LogP contribution in [0.1, 0.15) is 136 Å². The first-order valence-electron chi connectivity index (χ1n) is 30.5. The fourth-order valence-electron chi connectivity index (χ4n) is 9.62. The lowest BCUT2D eigenvalue weighted by atomic mass is 9.88. The van der Waals surface area contributed by atoms with E-state index in [2.05, 4.69) is 16.0 Å². The molecule has 4 amide bonds. The minimum Gasteiger partial charge on any atom is -0.495 e. The second-order valence-corrected chi connectivity index (χ2v) is 24.1. The Morgan fingerprint density at radius 1 is 0.793 bits per heavy atom. The quantitative estimate of drug-likeness (QED) is 0.0351. The molecule has 0 bridgehead atoms. The summed E-state index contributed by atoms with van der Waals surface area (Å²) >= 11 is 6.39. The Bertz CT molecular complexity index is 2610. The number of nitrogens with zero attached hydrogens (tertiary/aromatic N) is 1. The topological polar surface area (TPSA) is 270 Å². The van der Waals surface area contributed by atoms with Crippen molar-refractivity contribution in [2.45, 2.75) is 163 Å². The highest BCUT2D eigenvalue weighted by Crippen LogP contribution is 2.45. The number of halogens is 1. The molecular formula is C65H95ClN4O17. The van der Waals surface area contributed by atoms with Crippen molar-refractivity contribution in [3.8, 4) is 5.75 Å². The number of ether oxygens (including phenoxy) is 8. The fourth-order valence-corrected chi connectivity index (χ4v) is 9.90. The number of aryl methyl sites for hydroxylation is 1. The molecule has 2 aliphatic heterocycles. The monoisotopic (exact) mass is 1240 g/mol. The van der Waals surface area contributed by atoms with E-state index in [1.165, 1.54) is 18.1 Å². The van der Waals surface area contributed by atoms with Crippen molar-refractivity contribution >= 4 is 64.5 Å². The Kier molecular flexibility index (Phi) is 31.8. The Morgan fingerprint density at radius 2 is 1.43 bits per heavy atom. The molecule has 87 heavy (non-hydrogen) atoms. The number of carbonyl (C=O) groups is 9. The summed E-state index contributed by atoms with van der Waals surface area (Å²) in [6.45, 7) is 18.6. The van der Waals surface area contributed by atoms with Gasteiger partial charge in [0.2, 0.25) is 23.6 Å². The van der Waals surface area contributed by atoms with Crippen molar-refractivity contribution in [1.29, 1.82) is 0 Å². The van der Waals surface area contributed by atoms with E-state index in [1.54, 1.807) is 59.1 Å². The molecule has 2 aliphatic rings. The van der Waals surface area contributed by atoms with Gasteiger partial charge in [-0.3, -0.25) is 38.4 Å². The maximum absolute atomic E-state index is 14.0. The van der Waals surface area contributed by atoms with Gasteiger partial charge in [0.25, 0.3) is 0 Å². The molecular weight excluding hydrogens is 1140 g/mol. The third-order valence-electron chi connectivity index (χ3n) is 15.4. The van der Waals surface area contributed by atoms with Gasteiger partial charge in [-0.2, -0.15) is 0 Å². The molecule has 0 radical (unpaired) electrons. The van der Waals surface area contributed by atoms with Crippen LogP contribution in [0.3, 0.4) is 0 Å². The number of amides is 4. The van der Waals surface area contributed by atoms with Crippen LogP contribution in [0, 0.1) is 29.1 Å². The first kappa shape index (κ1) is 73.4. The first-order chi connectivity index (χ1) is 41.4. The Hall–Kier alpha value is -6.10. The SMILES string of the molecule is CCC(=O)CCN(CCC(=O)C[C@H](C(=O)N[C@@H](C)C(=O)CCc1ccc([C@H]2O[C@@H]2[C@@H](C)[C@@H]2C/C=C/C(=O)N[C@@H](Cc3ccc(OC)c(Cl)c3)C(=O)NCC(C)(C)C(=O)O[C@@H](CC(C)C)C(=O)O2)cc1)C(C)C)C(=O)CCOCCOCCOCCOC. The van der Waals surface area contributed by atoms with Gasteiger partial charge in [0, 0.05) is 83.5 Å². The summed E-state index contributed by atoms with van der Waals surface area (Å²) in [6.07, 6.45) is 1.34. The molecule has 1 fully saturated rings. The van der Waals surface area contributed by atoms with Crippen LogP contribution in [0.15, 0.2) is 54.6 Å². The van der Waals surface area contributed by atoms with Crippen LogP contribution >= 0.6 is 11.6 Å². The van der Waals surface area contributed by atoms with Crippen LogP contribution in [0.4, 0.5) is 0 Å². The van der Waals surface area contributed by atoms with Crippen molar-refractivity contribution < 1.29 is 81.0 Å². The average Bonchev–Trinajstić information content (AvgIpc) is 1.91. The number of nitrogens with one attached hydrogen (secondary N) is 3. The lowest BCUT2D eigenvalue weighted by molar-refractivity contribution is -0.179. The van der Waals surface area contributed by atoms with E-state index in [-0.39, 0.29) is 125 Å². The number of carbonyl (C=O) groups excluding carboxylic acids is 9. The van der Waals surface area contributed by atoms with E-state index in [1.807, 2.05) is 58.9 Å². The van der Waals surface area contributed by atoms with Crippen molar-refractivity contribution in [2.24, 2.45) is 29.1 Å². The summed E-state index contributed by atoms with van der Waals surface area (Å²) in [4.78, 5) is 122. The maximum Gasteiger partial charge on any atom is 0.347 e. The molecule has 22 heteroatoms. The second kappa shape index (κ2) is 37.7. The summed E-state index contributed by atoms with van der Waals surface area (Å²) < 4.78 is 44.9. The number of hydrogen-bond acceptors (Lipinski definition) is 17.